The van der Waals surface area contributed by atoms with Gasteiger partial charge in [0.05, 0.1) is 16.8 Å². The number of hydrogen-bond acceptors (Lipinski definition) is 3. The molecule has 1 heterocycles. The van der Waals surface area contributed by atoms with E-state index in [1.165, 1.54) is 6.07 Å². The Balaban J connectivity index is 2.42. The van der Waals surface area contributed by atoms with Gasteiger partial charge in [0.15, 0.2) is 9.84 Å². The molecule has 0 aliphatic carbocycles. The van der Waals surface area contributed by atoms with Gasteiger partial charge >= 0.3 is 5.97 Å². The van der Waals surface area contributed by atoms with E-state index < -0.39 is 15.8 Å². The third-order valence-electron chi connectivity index (χ3n) is 3.10. The standard InChI is InChI=1S/C13H15NO4S/c1-2-19(17,18)9-8-14-7-6-10-4-3-5-11(12(10)14)13(15)16/h3-7H,2,8-9H2,1H3,(H,15,16). The molecule has 2 rings (SSSR count). The lowest BCUT2D eigenvalue weighted by atomic mass is 10.1. The first-order chi connectivity index (χ1) is 8.94. The molecular weight excluding hydrogens is 266 g/mol. The molecule has 1 aromatic heterocycles. The van der Waals surface area contributed by atoms with Gasteiger partial charge in [-0.15, -0.1) is 0 Å². The fraction of sp³-hybridized carbons (Fsp3) is 0.308. The maximum Gasteiger partial charge on any atom is 0.337 e. The van der Waals surface area contributed by atoms with E-state index in [4.69, 9.17) is 5.11 Å². The number of carboxylic acids is 1. The molecule has 102 valence electrons. The first kappa shape index (κ1) is 13.6. The summed E-state index contributed by atoms with van der Waals surface area (Å²) in [6, 6.07) is 6.81. The van der Waals surface area contributed by atoms with E-state index in [0.29, 0.717) is 5.52 Å². The number of sulfone groups is 1. The Morgan fingerprint density at radius 2 is 2.05 bits per heavy atom. The number of rotatable bonds is 5. The zero-order valence-electron chi connectivity index (χ0n) is 10.5. The lowest BCUT2D eigenvalue weighted by molar-refractivity contribution is 0.0698. The minimum Gasteiger partial charge on any atom is -0.478 e. The Bertz CT molecular complexity index is 715. The van der Waals surface area contributed by atoms with E-state index in [1.54, 1.807) is 29.8 Å². The van der Waals surface area contributed by atoms with Gasteiger partial charge in [-0.1, -0.05) is 19.1 Å². The third kappa shape index (κ3) is 2.78. The summed E-state index contributed by atoms with van der Waals surface area (Å²) < 4.78 is 24.7. The quantitative estimate of drug-likeness (QED) is 0.906. The van der Waals surface area contributed by atoms with Crippen molar-refractivity contribution in [3.8, 4) is 0 Å². The molecular formula is C13H15NO4S. The lowest BCUT2D eigenvalue weighted by Crippen LogP contribution is -2.14. The van der Waals surface area contributed by atoms with Gasteiger partial charge < -0.3 is 9.67 Å². The minimum atomic E-state index is -3.07. The first-order valence-corrected chi connectivity index (χ1v) is 7.78. The van der Waals surface area contributed by atoms with Gasteiger partial charge in [0.2, 0.25) is 0 Å². The number of aromatic nitrogens is 1. The molecule has 2 aromatic rings. The number of benzene rings is 1. The number of fused-ring (bicyclic) bond motifs is 1. The van der Waals surface area contributed by atoms with E-state index in [1.807, 2.05) is 6.07 Å². The summed E-state index contributed by atoms with van der Waals surface area (Å²) in [4.78, 5) is 11.2. The predicted molar refractivity (Wildman–Crippen MR) is 73.2 cm³/mol. The molecule has 0 amide bonds. The lowest BCUT2D eigenvalue weighted by Gasteiger charge is -2.07. The van der Waals surface area contributed by atoms with Crippen LogP contribution in [0.1, 0.15) is 17.3 Å². The van der Waals surface area contributed by atoms with Crippen molar-refractivity contribution in [1.29, 1.82) is 0 Å². The van der Waals surface area contributed by atoms with Crippen LogP contribution in [0, 0.1) is 0 Å². The predicted octanol–water partition coefficient (Wildman–Crippen LogP) is 1.77. The molecule has 0 fully saturated rings. The van der Waals surface area contributed by atoms with Crippen LogP contribution in [0.25, 0.3) is 10.9 Å². The number of aryl methyl sites for hydroxylation is 1. The Labute approximate surface area is 111 Å². The van der Waals surface area contributed by atoms with E-state index in [-0.39, 0.29) is 23.6 Å². The zero-order valence-corrected chi connectivity index (χ0v) is 11.4. The maximum absolute atomic E-state index is 11.5. The summed E-state index contributed by atoms with van der Waals surface area (Å²) in [6.45, 7) is 1.87. The highest BCUT2D eigenvalue weighted by Gasteiger charge is 2.14. The summed E-state index contributed by atoms with van der Waals surface area (Å²) in [6.07, 6.45) is 1.72. The van der Waals surface area contributed by atoms with E-state index >= 15 is 0 Å². The van der Waals surface area contributed by atoms with Crippen LogP contribution in [0.2, 0.25) is 0 Å². The molecule has 0 bridgehead atoms. The number of para-hydroxylation sites is 1. The summed E-state index contributed by atoms with van der Waals surface area (Å²) in [7, 11) is -3.07. The van der Waals surface area contributed by atoms with Crippen LogP contribution in [0.5, 0.6) is 0 Å². The summed E-state index contributed by atoms with van der Waals surface area (Å²) >= 11 is 0. The fourth-order valence-electron chi connectivity index (χ4n) is 2.00. The van der Waals surface area contributed by atoms with Crippen LogP contribution < -0.4 is 0 Å². The molecule has 5 nitrogen and oxygen atoms in total. The zero-order chi connectivity index (χ0) is 14.0. The van der Waals surface area contributed by atoms with Crippen molar-refractivity contribution >= 4 is 26.7 Å². The molecule has 1 N–H and O–H groups in total. The second-order valence-corrected chi connectivity index (χ2v) is 6.77. The van der Waals surface area contributed by atoms with Crippen molar-refractivity contribution in [1.82, 2.24) is 4.57 Å². The topological polar surface area (TPSA) is 76.4 Å². The average Bonchev–Trinajstić information content (AvgIpc) is 2.79. The number of carboxylic acid groups (broad SMARTS) is 1. The highest BCUT2D eigenvalue weighted by Crippen LogP contribution is 2.20. The van der Waals surface area contributed by atoms with Gasteiger partial charge in [-0.2, -0.15) is 0 Å². The smallest absolute Gasteiger partial charge is 0.337 e. The third-order valence-corrected chi connectivity index (χ3v) is 4.79. The van der Waals surface area contributed by atoms with E-state index in [0.717, 1.165) is 5.39 Å². The second-order valence-electron chi connectivity index (χ2n) is 4.29. The minimum absolute atomic E-state index is 0.0151. The van der Waals surface area contributed by atoms with Crippen molar-refractivity contribution < 1.29 is 18.3 Å². The molecule has 0 atom stereocenters. The van der Waals surface area contributed by atoms with Crippen LogP contribution in [-0.2, 0) is 16.4 Å². The molecule has 0 unspecified atom stereocenters. The molecule has 0 radical (unpaired) electrons. The fourth-order valence-corrected chi connectivity index (χ4v) is 2.77. The maximum atomic E-state index is 11.5. The van der Waals surface area contributed by atoms with Crippen molar-refractivity contribution in [3.63, 3.8) is 0 Å². The van der Waals surface area contributed by atoms with Crippen LogP contribution in [0.4, 0.5) is 0 Å². The number of nitrogens with zero attached hydrogens (tertiary/aromatic N) is 1. The van der Waals surface area contributed by atoms with Gasteiger partial charge in [0.1, 0.15) is 0 Å². The van der Waals surface area contributed by atoms with Crippen molar-refractivity contribution in [2.45, 2.75) is 13.5 Å². The monoisotopic (exact) mass is 281 g/mol. The van der Waals surface area contributed by atoms with Gasteiger partial charge in [-0.05, 0) is 12.1 Å². The van der Waals surface area contributed by atoms with Gasteiger partial charge in [0.25, 0.3) is 0 Å². The second kappa shape index (κ2) is 5.05. The van der Waals surface area contributed by atoms with E-state index in [9.17, 15) is 13.2 Å². The average molecular weight is 281 g/mol. The molecule has 0 aliphatic rings. The Morgan fingerprint density at radius 3 is 2.68 bits per heavy atom. The van der Waals surface area contributed by atoms with Crippen LogP contribution >= 0.6 is 0 Å². The highest BCUT2D eigenvalue weighted by atomic mass is 32.2. The van der Waals surface area contributed by atoms with Crippen LogP contribution in [-0.4, -0.2) is 35.6 Å². The summed E-state index contributed by atoms with van der Waals surface area (Å²) in [5.41, 5.74) is 0.762. The van der Waals surface area contributed by atoms with Crippen LogP contribution in [0.15, 0.2) is 30.5 Å². The molecule has 0 saturated carbocycles. The van der Waals surface area contributed by atoms with Crippen molar-refractivity contribution in [2.75, 3.05) is 11.5 Å². The molecule has 1 aromatic carbocycles. The molecule has 6 heteroatoms. The molecule has 19 heavy (non-hydrogen) atoms. The largest absolute Gasteiger partial charge is 0.478 e. The first-order valence-electron chi connectivity index (χ1n) is 5.96. The summed E-state index contributed by atoms with van der Waals surface area (Å²) in [5, 5.41) is 9.97. The van der Waals surface area contributed by atoms with Crippen LogP contribution in [0.3, 0.4) is 0 Å². The van der Waals surface area contributed by atoms with E-state index in [2.05, 4.69) is 0 Å². The molecule has 0 aliphatic heterocycles. The van der Waals surface area contributed by atoms with Crippen molar-refractivity contribution in [2.24, 2.45) is 0 Å². The Hall–Kier alpha value is -1.82. The summed E-state index contributed by atoms with van der Waals surface area (Å²) in [5.74, 6) is -0.900. The van der Waals surface area contributed by atoms with Gasteiger partial charge in [-0.3, -0.25) is 0 Å². The highest BCUT2D eigenvalue weighted by molar-refractivity contribution is 7.91. The van der Waals surface area contributed by atoms with Gasteiger partial charge in [0, 0.05) is 23.9 Å². The van der Waals surface area contributed by atoms with Crippen molar-refractivity contribution in [3.05, 3.63) is 36.0 Å². The molecule has 0 saturated heterocycles. The number of carbonyl (C=O) groups is 1. The SMILES string of the molecule is CCS(=O)(=O)CCn1ccc2cccc(C(=O)O)c21. The number of hydrogen-bond donors (Lipinski definition) is 1. The number of aromatic carboxylic acids is 1. The normalized spacial score (nSPS) is 11.8. The molecule has 0 spiro atoms. The Morgan fingerprint density at radius 1 is 1.32 bits per heavy atom. The Kier molecular flexibility index (Phi) is 3.61. The van der Waals surface area contributed by atoms with Gasteiger partial charge in [-0.25, -0.2) is 13.2 Å².